The molecule has 0 aliphatic heterocycles. The van der Waals surface area contributed by atoms with Gasteiger partial charge in [-0.15, -0.1) is 24.0 Å². The zero-order valence-corrected chi connectivity index (χ0v) is 15.8. The summed E-state index contributed by atoms with van der Waals surface area (Å²) in [5.41, 5.74) is 13.0. The van der Waals surface area contributed by atoms with Crippen LogP contribution < -0.4 is 22.1 Å². The predicted molar refractivity (Wildman–Crippen MR) is 109 cm³/mol. The number of rotatable bonds is 6. The molecule has 2 amide bonds. The highest BCUT2D eigenvalue weighted by Gasteiger charge is 2.06. The van der Waals surface area contributed by atoms with Crippen LogP contribution in [-0.2, 0) is 11.3 Å². The van der Waals surface area contributed by atoms with Gasteiger partial charge in [-0.05, 0) is 29.8 Å². The first-order chi connectivity index (χ1) is 11.5. The van der Waals surface area contributed by atoms with Crippen LogP contribution >= 0.6 is 24.0 Å². The van der Waals surface area contributed by atoms with Crippen LogP contribution in [0, 0.1) is 0 Å². The fourth-order valence-electron chi connectivity index (χ4n) is 1.92. The van der Waals surface area contributed by atoms with E-state index in [1.165, 1.54) is 0 Å². The molecule has 0 unspecified atom stereocenters. The largest absolute Gasteiger partial charge is 0.370 e. The number of benzene rings is 2. The number of guanidine groups is 1. The van der Waals surface area contributed by atoms with E-state index in [9.17, 15) is 9.59 Å². The van der Waals surface area contributed by atoms with E-state index in [2.05, 4.69) is 15.6 Å². The van der Waals surface area contributed by atoms with Gasteiger partial charge in [-0.2, -0.15) is 0 Å². The van der Waals surface area contributed by atoms with Crippen molar-refractivity contribution < 1.29 is 9.59 Å². The smallest absolute Gasteiger partial charge is 0.251 e. The maximum absolute atomic E-state index is 11.8. The van der Waals surface area contributed by atoms with Gasteiger partial charge in [-0.1, -0.05) is 30.3 Å². The SMILES string of the molecule is I.NC(=O)CNC(=O)c1ccc(CN=C(N)Nc2ccccc2)cc1. The number of halogens is 1. The second kappa shape index (κ2) is 10.3. The molecule has 6 N–H and O–H groups in total. The number of primary amides is 1. The molecule has 0 aromatic heterocycles. The van der Waals surface area contributed by atoms with Crippen molar-refractivity contribution in [2.45, 2.75) is 6.54 Å². The van der Waals surface area contributed by atoms with E-state index >= 15 is 0 Å². The average Bonchev–Trinajstić information content (AvgIpc) is 2.59. The molecule has 0 heterocycles. The Kier molecular flexibility index (Phi) is 8.40. The number of hydrogen-bond acceptors (Lipinski definition) is 3. The van der Waals surface area contributed by atoms with Crippen molar-refractivity contribution in [3.05, 3.63) is 65.7 Å². The van der Waals surface area contributed by atoms with E-state index in [0.29, 0.717) is 18.1 Å². The number of aliphatic imine (C=N–C) groups is 1. The first-order valence-electron chi connectivity index (χ1n) is 7.32. The number of amides is 2. The number of nitrogens with two attached hydrogens (primary N) is 2. The monoisotopic (exact) mass is 453 g/mol. The van der Waals surface area contributed by atoms with Gasteiger partial charge in [0.25, 0.3) is 5.91 Å². The Morgan fingerprint density at radius 3 is 2.20 bits per heavy atom. The summed E-state index contributed by atoms with van der Waals surface area (Å²) in [4.78, 5) is 26.6. The van der Waals surface area contributed by atoms with Crippen molar-refractivity contribution in [1.82, 2.24) is 5.32 Å². The zero-order valence-electron chi connectivity index (χ0n) is 13.4. The number of nitrogens with one attached hydrogen (secondary N) is 2. The predicted octanol–water partition coefficient (Wildman–Crippen LogP) is 1.45. The number of para-hydroxylation sites is 1. The highest BCUT2D eigenvalue weighted by Crippen LogP contribution is 2.07. The molecule has 0 bridgehead atoms. The molecule has 2 rings (SSSR count). The van der Waals surface area contributed by atoms with E-state index in [-0.39, 0.29) is 36.4 Å². The van der Waals surface area contributed by atoms with Gasteiger partial charge in [0.15, 0.2) is 5.96 Å². The van der Waals surface area contributed by atoms with E-state index in [1.54, 1.807) is 24.3 Å². The Balaban J connectivity index is 0.00000312. The van der Waals surface area contributed by atoms with Crippen LogP contribution in [0.5, 0.6) is 0 Å². The Labute approximate surface area is 162 Å². The minimum atomic E-state index is -0.587. The molecular formula is C17H20IN5O2. The summed E-state index contributed by atoms with van der Waals surface area (Å²) in [6.45, 7) is 0.196. The van der Waals surface area contributed by atoms with Crippen LogP contribution in [0.25, 0.3) is 0 Å². The summed E-state index contributed by atoms with van der Waals surface area (Å²) in [6, 6.07) is 16.4. The van der Waals surface area contributed by atoms with Crippen LogP contribution in [0.15, 0.2) is 59.6 Å². The molecule has 7 nitrogen and oxygen atoms in total. The Morgan fingerprint density at radius 1 is 0.960 bits per heavy atom. The fourth-order valence-corrected chi connectivity index (χ4v) is 1.92. The van der Waals surface area contributed by atoms with Crippen molar-refractivity contribution in [2.75, 3.05) is 11.9 Å². The van der Waals surface area contributed by atoms with Crippen LogP contribution in [0.2, 0.25) is 0 Å². The minimum Gasteiger partial charge on any atom is -0.370 e. The van der Waals surface area contributed by atoms with Gasteiger partial charge in [-0.25, -0.2) is 4.99 Å². The van der Waals surface area contributed by atoms with Gasteiger partial charge in [-0.3, -0.25) is 9.59 Å². The van der Waals surface area contributed by atoms with E-state index in [0.717, 1.165) is 11.3 Å². The van der Waals surface area contributed by atoms with Crippen LogP contribution in [0.1, 0.15) is 15.9 Å². The molecule has 25 heavy (non-hydrogen) atoms. The van der Waals surface area contributed by atoms with Crippen LogP contribution in [-0.4, -0.2) is 24.3 Å². The first-order valence-corrected chi connectivity index (χ1v) is 7.32. The number of carbonyl (C=O) groups is 2. The van der Waals surface area contributed by atoms with Gasteiger partial charge in [0.2, 0.25) is 5.91 Å². The number of hydrogen-bond donors (Lipinski definition) is 4. The second-order valence-corrected chi connectivity index (χ2v) is 5.04. The Hall–Kier alpha value is -2.62. The van der Waals surface area contributed by atoms with Gasteiger partial charge in [0.05, 0.1) is 13.1 Å². The average molecular weight is 453 g/mol. The van der Waals surface area contributed by atoms with Gasteiger partial charge >= 0.3 is 0 Å². The first kappa shape index (κ1) is 20.4. The lowest BCUT2D eigenvalue weighted by Crippen LogP contribution is -2.33. The van der Waals surface area contributed by atoms with Crippen LogP contribution in [0.3, 0.4) is 0 Å². The zero-order chi connectivity index (χ0) is 17.4. The normalized spacial score (nSPS) is 10.5. The Bertz CT molecular complexity index is 732. The van der Waals surface area contributed by atoms with Gasteiger partial charge < -0.3 is 22.1 Å². The third-order valence-corrected chi connectivity index (χ3v) is 3.12. The summed E-state index contributed by atoms with van der Waals surface area (Å²) in [6.07, 6.45) is 0. The molecule has 0 aliphatic rings. The molecular weight excluding hydrogens is 433 g/mol. The van der Waals surface area contributed by atoms with Crippen molar-refractivity contribution >= 4 is 47.4 Å². The fraction of sp³-hybridized carbons (Fsp3) is 0.118. The molecule has 132 valence electrons. The number of carbonyl (C=O) groups excluding carboxylic acids is 2. The van der Waals surface area contributed by atoms with Crippen molar-refractivity contribution in [3.8, 4) is 0 Å². The van der Waals surface area contributed by atoms with E-state index in [4.69, 9.17) is 11.5 Å². The summed E-state index contributed by atoms with van der Waals surface area (Å²) in [5.74, 6) is -0.630. The summed E-state index contributed by atoms with van der Waals surface area (Å²) in [7, 11) is 0. The molecule has 2 aromatic carbocycles. The summed E-state index contributed by atoms with van der Waals surface area (Å²) >= 11 is 0. The van der Waals surface area contributed by atoms with E-state index in [1.807, 2.05) is 30.3 Å². The minimum absolute atomic E-state index is 0. The van der Waals surface area contributed by atoms with Crippen molar-refractivity contribution in [3.63, 3.8) is 0 Å². The highest BCUT2D eigenvalue weighted by molar-refractivity contribution is 14.0. The third kappa shape index (κ3) is 7.21. The number of nitrogens with zero attached hydrogens (tertiary/aromatic N) is 1. The molecule has 0 spiro atoms. The Morgan fingerprint density at radius 2 is 1.60 bits per heavy atom. The third-order valence-electron chi connectivity index (χ3n) is 3.12. The number of anilines is 1. The lowest BCUT2D eigenvalue weighted by molar-refractivity contribution is -0.117. The molecule has 2 aromatic rings. The molecule has 0 aliphatic carbocycles. The second-order valence-electron chi connectivity index (χ2n) is 5.04. The van der Waals surface area contributed by atoms with Crippen LogP contribution in [0.4, 0.5) is 5.69 Å². The quantitative estimate of drug-likeness (QED) is 0.300. The molecule has 0 radical (unpaired) electrons. The highest BCUT2D eigenvalue weighted by atomic mass is 127. The van der Waals surface area contributed by atoms with E-state index < -0.39 is 5.91 Å². The molecule has 0 atom stereocenters. The summed E-state index contributed by atoms with van der Waals surface area (Å²) < 4.78 is 0. The standard InChI is InChI=1S/C17H19N5O2.HI/c18-15(23)11-20-16(24)13-8-6-12(7-9-13)10-21-17(19)22-14-4-2-1-3-5-14;/h1-9H,10-11H2,(H2,18,23)(H,20,24)(H3,19,21,22);1H. The molecule has 0 fully saturated rings. The molecule has 0 saturated carbocycles. The lowest BCUT2D eigenvalue weighted by Gasteiger charge is -2.06. The van der Waals surface area contributed by atoms with Gasteiger partial charge in [0.1, 0.15) is 0 Å². The summed E-state index contributed by atoms with van der Waals surface area (Å²) in [5, 5.41) is 5.41. The maximum atomic E-state index is 11.8. The van der Waals surface area contributed by atoms with Crippen molar-refractivity contribution in [2.24, 2.45) is 16.5 Å². The molecule has 8 heteroatoms. The topological polar surface area (TPSA) is 123 Å². The maximum Gasteiger partial charge on any atom is 0.251 e. The van der Waals surface area contributed by atoms with Gasteiger partial charge in [0, 0.05) is 11.3 Å². The van der Waals surface area contributed by atoms with Crippen molar-refractivity contribution in [1.29, 1.82) is 0 Å². The lowest BCUT2D eigenvalue weighted by atomic mass is 10.1. The molecule has 0 saturated heterocycles.